The summed E-state index contributed by atoms with van der Waals surface area (Å²) in [7, 11) is 0. The lowest BCUT2D eigenvalue weighted by atomic mass is 9.61. The molecule has 2 heterocycles. The molecule has 0 unspecified atom stereocenters. The van der Waals surface area contributed by atoms with Gasteiger partial charge in [0.1, 0.15) is 11.7 Å². The number of amides is 1. The zero-order valence-electron chi connectivity index (χ0n) is 12.0. The van der Waals surface area contributed by atoms with Crippen molar-refractivity contribution in [3.8, 4) is 6.07 Å². The molecule has 0 saturated heterocycles. The fourth-order valence-electron chi connectivity index (χ4n) is 3.76. The number of aromatic nitrogens is 2. The van der Waals surface area contributed by atoms with Gasteiger partial charge in [0.15, 0.2) is 0 Å². The van der Waals surface area contributed by atoms with Crippen molar-refractivity contribution in [2.75, 3.05) is 5.32 Å². The number of anilines is 1. The van der Waals surface area contributed by atoms with Crippen molar-refractivity contribution in [3.05, 3.63) is 11.8 Å². The van der Waals surface area contributed by atoms with E-state index in [-0.39, 0.29) is 17.4 Å². The number of rotatable bonds is 1. The van der Waals surface area contributed by atoms with Crippen LogP contribution in [0.15, 0.2) is 6.20 Å². The van der Waals surface area contributed by atoms with E-state index in [0.29, 0.717) is 0 Å². The molecule has 0 radical (unpaired) electrons. The van der Waals surface area contributed by atoms with E-state index in [1.165, 1.54) is 6.42 Å². The molecule has 1 amide bonds. The summed E-state index contributed by atoms with van der Waals surface area (Å²) in [5, 5.41) is 16.8. The Hall–Kier alpha value is -1.83. The highest BCUT2D eigenvalue weighted by molar-refractivity contribution is 5.98. The smallest absolute Gasteiger partial charge is 0.243 e. The van der Waals surface area contributed by atoms with Crippen molar-refractivity contribution in [1.29, 1.82) is 5.26 Å². The Morgan fingerprint density at radius 3 is 2.75 bits per heavy atom. The minimum absolute atomic E-state index is 0.163. The molecule has 0 bridgehead atoms. The summed E-state index contributed by atoms with van der Waals surface area (Å²) in [6.45, 7) is 4.09. The molecule has 1 aromatic rings. The first-order valence-electron chi connectivity index (χ1n) is 7.38. The van der Waals surface area contributed by atoms with Crippen LogP contribution in [0.5, 0.6) is 0 Å². The summed E-state index contributed by atoms with van der Waals surface area (Å²) < 4.78 is 1.86. The second kappa shape index (κ2) is 4.62. The van der Waals surface area contributed by atoms with E-state index in [1.54, 1.807) is 0 Å². The minimum Gasteiger partial charge on any atom is -0.309 e. The van der Waals surface area contributed by atoms with Crippen LogP contribution in [0.2, 0.25) is 0 Å². The van der Waals surface area contributed by atoms with Crippen LogP contribution >= 0.6 is 0 Å². The Kier molecular flexibility index (Phi) is 3.04. The molecule has 3 rings (SSSR count). The zero-order valence-corrected chi connectivity index (χ0v) is 12.0. The quantitative estimate of drug-likeness (QED) is 0.854. The highest BCUT2D eigenvalue weighted by Crippen LogP contribution is 2.50. The topological polar surface area (TPSA) is 70.7 Å². The van der Waals surface area contributed by atoms with Gasteiger partial charge in [0.2, 0.25) is 5.91 Å². The highest BCUT2D eigenvalue weighted by Gasteiger charge is 2.51. The van der Waals surface area contributed by atoms with Crippen LogP contribution in [0.1, 0.15) is 57.6 Å². The summed E-state index contributed by atoms with van der Waals surface area (Å²) in [6, 6.07) is 2.44. The van der Waals surface area contributed by atoms with E-state index in [0.717, 1.165) is 37.1 Å². The van der Waals surface area contributed by atoms with Crippen LogP contribution < -0.4 is 5.32 Å². The lowest BCUT2D eigenvalue weighted by molar-refractivity contribution is -0.121. The van der Waals surface area contributed by atoms with Crippen molar-refractivity contribution < 1.29 is 4.79 Å². The molecule has 1 fully saturated rings. The van der Waals surface area contributed by atoms with E-state index >= 15 is 0 Å². The molecule has 20 heavy (non-hydrogen) atoms. The number of nitrogens with zero attached hydrogens (tertiary/aromatic N) is 3. The first kappa shape index (κ1) is 13.2. The summed E-state index contributed by atoms with van der Waals surface area (Å²) in [5.41, 5.74) is 0.745. The number of carbonyl (C=O) groups is 1. The Balaban J connectivity index is 2.17. The van der Waals surface area contributed by atoms with Gasteiger partial charge < -0.3 is 5.32 Å². The molecule has 1 aromatic heterocycles. The maximum atomic E-state index is 12.4. The summed E-state index contributed by atoms with van der Waals surface area (Å²) >= 11 is 0. The molecular formula is C15H20N4O. The third-order valence-electron chi connectivity index (χ3n) is 4.75. The Morgan fingerprint density at radius 1 is 1.45 bits per heavy atom. The molecule has 1 aliphatic heterocycles. The average molecular weight is 272 g/mol. The molecular weight excluding hydrogens is 252 g/mol. The van der Waals surface area contributed by atoms with Crippen LogP contribution in [0.25, 0.3) is 0 Å². The van der Waals surface area contributed by atoms with Gasteiger partial charge in [-0.25, -0.2) is 4.68 Å². The predicted molar refractivity (Wildman–Crippen MR) is 75.1 cm³/mol. The Morgan fingerprint density at radius 2 is 2.15 bits per heavy atom. The van der Waals surface area contributed by atoms with Crippen molar-refractivity contribution in [2.45, 2.75) is 57.4 Å². The number of carbonyl (C=O) groups excluding carboxylic acids is 1. The van der Waals surface area contributed by atoms with Crippen LogP contribution in [-0.4, -0.2) is 15.7 Å². The lowest BCUT2D eigenvalue weighted by Crippen LogP contribution is -2.47. The number of hydrogen-bond acceptors (Lipinski definition) is 3. The van der Waals surface area contributed by atoms with Gasteiger partial charge >= 0.3 is 0 Å². The number of nitrogens with one attached hydrogen (secondary N) is 1. The van der Waals surface area contributed by atoms with Gasteiger partial charge in [-0.05, 0) is 26.7 Å². The summed E-state index contributed by atoms with van der Waals surface area (Å²) in [5.74, 6) is 0.0582. The third kappa shape index (κ3) is 1.67. The average Bonchev–Trinajstić information content (AvgIpc) is 2.84. The van der Waals surface area contributed by atoms with Gasteiger partial charge in [-0.15, -0.1) is 0 Å². The van der Waals surface area contributed by atoms with E-state index in [9.17, 15) is 10.1 Å². The van der Waals surface area contributed by atoms with Crippen molar-refractivity contribution in [2.24, 2.45) is 5.92 Å². The molecule has 1 atom stereocenters. The van der Waals surface area contributed by atoms with E-state index in [2.05, 4.69) is 16.5 Å². The first-order chi connectivity index (χ1) is 9.60. The van der Waals surface area contributed by atoms with E-state index in [1.807, 2.05) is 24.7 Å². The number of nitriles is 1. The van der Waals surface area contributed by atoms with Crippen molar-refractivity contribution in [1.82, 2.24) is 9.78 Å². The third-order valence-corrected chi connectivity index (χ3v) is 4.75. The standard InChI is InChI=1S/C15H20N4O/c1-10(2)19-13-12(9-17-19)15(6-4-3-5-7-15)11(8-16)14(20)18-13/h9-11H,3-7H2,1-2H3,(H,18,20)/t11-/m1/s1. The Labute approximate surface area is 119 Å². The highest BCUT2D eigenvalue weighted by atomic mass is 16.2. The maximum Gasteiger partial charge on any atom is 0.243 e. The Bertz CT molecular complexity index is 575. The summed E-state index contributed by atoms with van der Waals surface area (Å²) in [4.78, 5) is 12.4. The SMILES string of the molecule is CC(C)n1ncc2c1NC(=O)[C@@H](C#N)C21CCCCC1. The monoisotopic (exact) mass is 272 g/mol. The molecule has 1 N–H and O–H groups in total. The largest absolute Gasteiger partial charge is 0.309 e. The molecule has 1 saturated carbocycles. The van der Waals surface area contributed by atoms with Gasteiger partial charge in [0.05, 0.1) is 12.3 Å². The molecule has 5 nitrogen and oxygen atoms in total. The maximum absolute atomic E-state index is 12.4. The molecule has 0 aromatic carbocycles. The van der Waals surface area contributed by atoms with Crippen molar-refractivity contribution in [3.63, 3.8) is 0 Å². The zero-order chi connectivity index (χ0) is 14.3. The van der Waals surface area contributed by atoms with Crippen LogP contribution in [-0.2, 0) is 10.2 Å². The van der Waals surface area contributed by atoms with Gasteiger partial charge in [-0.2, -0.15) is 10.4 Å². The number of hydrogen-bond donors (Lipinski definition) is 1. The second-order valence-electron chi connectivity index (χ2n) is 6.21. The molecule has 2 aliphatic rings. The van der Waals surface area contributed by atoms with Crippen LogP contribution in [0.4, 0.5) is 5.82 Å². The number of fused-ring (bicyclic) bond motifs is 2. The fraction of sp³-hybridized carbons (Fsp3) is 0.667. The fourth-order valence-corrected chi connectivity index (χ4v) is 3.76. The van der Waals surface area contributed by atoms with Gasteiger partial charge in [0, 0.05) is 17.0 Å². The van der Waals surface area contributed by atoms with Gasteiger partial charge in [-0.3, -0.25) is 4.79 Å². The molecule has 106 valence electrons. The second-order valence-corrected chi connectivity index (χ2v) is 6.21. The van der Waals surface area contributed by atoms with Gasteiger partial charge in [-0.1, -0.05) is 19.3 Å². The summed E-state index contributed by atoms with van der Waals surface area (Å²) in [6.07, 6.45) is 7.04. The first-order valence-corrected chi connectivity index (χ1v) is 7.38. The van der Waals surface area contributed by atoms with Gasteiger partial charge in [0.25, 0.3) is 0 Å². The minimum atomic E-state index is -0.583. The normalized spacial score (nSPS) is 24.3. The van der Waals surface area contributed by atoms with Crippen LogP contribution in [0, 0.1) is 17.2 Å². The van der Waals surface area contributed by atoms with E-state index in [4.69, 9.17) is 0 Å². The molecule has 5 heteroatoms. The van der Waals surface area contributed by atoms with E-state index < -0.39 is 5.92 Å². The van der Waals surface area contributed by atoms with Crippen molar-refractivity contribution >= 4 is 11.7 Å². The molecule has 1 aliphatic carbocycles. The molecule has 1 spiro atoms. The van der Waals surface area contributed by atoms with Crippen LogP contribution in [0.3, 0.4) is 0 Å². The lowest BCUT2D eigenvalue weighted by Gasteiger charge is -2.43. The predicted octanol–water partition coefficient (Wildman–Crippen LogP) is 2.76.